The van der Waals surface area contributed by atoms with E-state index < -0.39 is 6.10 Å². The average Bonchev–Trinajstić information content (AvgIpc) is 2.83. The van der Waals surface area contributed by atoms with Crippen LogP contribution in [0.1, 0.15) is 18.7 Å². The smallest absolute Gasteiger partial charge is 0.137 e. The van der Waals surface area contributed by atoms with Crippen LogP contribution in [0.2, 0.25) is 0 Å². The lowest BCUT2D eigenvalue weighted by Crippen LogP contribution is -2.26. The number of nitrogens with zero attached hydrogens (tertiary/aromatic N) is 3. The highest BCUT2D eigenvalue weighted by molar-refractivity contribution is 8.00. The van der Waals surface area contributed by atoms with Gasteiger partial charge in [-0.3, -0.25) is 0 Å². The van der Waals surface area contributed by atoms with Crippen molar-refractivity contribution in [3.05, 3.63) is 12.7 Å². The fraction of sp³-hybridized carbons (Fsp3) is 0.778. The Labute approximate surface area is 98.3 Å². The first kappa shape index (κ1) is 13.4. The summed E-state index contributed by atoms with van der Waals surface area (Å²) in [5, 5.41) is 31.2. The Morgan fingerprint density at radius 2 is 2.06 bits per heavy atom. The summed E-state index contributed by atoms with van der Waals surface area (Å²) in [4.78, 5) is 3.82. The van der Waals surface area contributed by atoms with E-state index in [4.69, 9.17) is 10.2 Å². The highest BCUT2D eigenvalue weighted by Gasteiger charge is 2.24. The molecule has 1 heterocycles. The number of thioether (sulfide) groups is 1. The first-order valence-corrected chi connectivity index (χ1v) is 6.06. The molecular weight excluding hydrogens is 230 g/mol. The number of rotatable bonds is 7. The molecule has 1 rings (SSSR count). The van der Waals surface area contributed by atoms with Gasteiger partial charge in [0.1, 0.15) is 18.0 Å². The van der Waals surface area contributed by atoms with Gasteiger partial charge in [-0.25, -0.2) is 9.67 Å². The van der Waals surface area contributed by atoms with Crippen LogP contribution in [-0.4, -0.2) is 54.7 Å². The van der Waals surface area contributed by atoms with Gasteiger partial charge in [0, 0.05) is 0 Å². The van der Waals surface area contributed by atoms with Gasteiger partial charge in [-0.05, 0) is 6.42 Å². The second kappa shape index (κ2) is 6.85. The Bertz CT molecular complexity index is 280. The summed E-state index contributed by atoms with van der Waals surface area (Å²) >= 11 is 1.29. The zero-order chi connectivity index (χ0) is 12.0. The quantitative estimate of drug-likeness (QED) is 0.609. The molecule has 0 fully saturated rings. The summed E-state index contributed by atoms with van der Waals surface area (Å²) in [5.74, 6) is 0. The molecule has 1 aromatic heterocycles. The molecule has 0 saturated carbocycles. The molecule has 2 unspecified atom stereocenters. The molecule has 0 aliphatic heterocycles. The van der Waals surface area contributed by atoms with Crippen molar-refractivity contribution in [2.45, 2.75) is 30.1 Å². The predicted octanol–water partition coefficient (Wildman–Crippen LogP) is -0.366. The molecule has 0 aliphatic rings. The average molecular weight is 247 g/mol. The Hall–Kier alpha value is -0.630. The van der Waals surface area contributed by atoms with Gasteiger partial charge in [0.25, 0.3) is 0 Å². The molecule has 0 bridgehead atoms. The van der Waals surface area contributed by atoms with Crippen LogP contribution in [0.25, 0.3) is 0 Å². The molecule has 0 spiro atoms. The molecule has 3 N–H and O–H groups in total. The summed E-state index contributed by atoms with van der Waals surface area (Å²) in [6, 6.07) is 0. The highest BCUT2D eigenvalue weighted by atomic mass is 32.2. The maximum atomic E-state index is 9.86. The topological polar surface area (TPSA) is 91.4 Å². The molecule has 6 nitrogen and oxygen atoms in total. The standard InChI is InChI=1S/C9H17N3O3S/c1-2-8(15)9(12-6-10-5-11-12)16-7(3-13)4-14/h5-9,13-15H,2-4H2,1H3. The lowest BCUT2D eigenvalue weighted by Gasteiger charge is -2.24. The van der Waals surface area contributed by atoms with Crippen LogP contribution < -0.4 is 0 Å². The summed E-state index contributed by atoms with van der Waals surface area (Å²) in [6.45, 7) is 1.59. The normalized spacial score (nSPS) is 15.3. The first-order chi connectivity index (χ1) is 7.72. The van der Waals surface area contributed by atoms with Gasteiger partial charge >= 0.3 is 0 Å². The minimum absolute atomic E-state index is 0.136. The predicted molar refractivity (Wildman–Crippen MR) is 60.9 cm³/mol. The molecule has 0 aromatic carbocycles. The third-order valence-corrected chi connectivity index (χ3v) is 3.68. The van der Waals surface area contributed by atoms with E-state index in [0.29, 0.717) is 6.42 Å². The number of hydrogen-bond acceptors (Lipinski definition) is 6. The molecule has 2 atom stereocenters. The minimum atomic E-state index is -0.590. The van der Waals surface area contributed by atoms with Gasteiger partial charge in [0.15, 0.2) is 0 Å². The van der Waals surface area contributed by atoms with Crippen molar-refractivity contribution >= 4 is 11.8 Å². The minimum Gasteiger partial charge on any atom is -0.395 e. The number of hydrogen-bond donors (Lipinski definition) is 3. The fourth-order valence-electron chi connectivity index (χ4n) is 1.22. The molecule has 0 radical (unpaired) electrons. The zero-order valence-corrected chi connectivity index (χ0v) is 9.92. The summed E-state index contributed by atoms with van der Waals surface area (Å²) in [5.41, 5.74) is 0. The molecule has 1 aromatic rings. The number of aliphatic hydroxyl groups is 3. The lowest BCUT2D eigenvalue weighted by molar-refractivity contribution is 0.139. The van der Waals surface area contributed by atoms with Crippen LogP contribution in [0.3, 0.4) is 0 Å². The van der Waals surface area contributed by atoms with Crippen LogP contribution in [0, 0.1) is 0 Å². The lowest BCUT2D eigenvalue weighted by atomic mass is 10.3. The maximum Gasteiger partial charge on any atom is 0.137 e. The molecule has 0 amide bonds. The van der Waals surface area contributed by atoms with E-state index in [9.17, 15) is 5.11 Å². The van der Waals surface area contributed by atoms with Crippen LogP contribution in [0.5, 0.6) is 0 Å². The van der Waals surface area contributed by atoms with Gasteiger partial charge in [-0.2, -0.15) is 5.10 Å². The molecule has 92 valence electrons. The Morgan fingerprint density at radius 3 is 2.50 bits per heavy atom. The zero-order valence-electron chi connectivity index (χ0n) is 9.10. The summed E-state index contributed by atoms with van der Waals surface area (Å²) in [6.07, 6.45) is 2.89. The maximum absolute atomic E-state index is 9.86. The van der Waals surface area contributed by atoms with E-state index in [1.165, 1.54) is 29.1 Å². The monoisotopic (exact) mass is 247 g/mol. The van der Waals surface area contributed by atoms with Crippen molar-refractivity contribution in [2.24, 2.45) is 0 Å². The van der Waals surface area contributed by atoms with E-state index in [1.54, 1.807) is 0 Å². The molecule has 0 aliphatic carbocycles. The van der Waals surface area contributed by atoms with Crippen molar-refractivity contribution in [1.29, 1.82) is 0 Å². The van der Waals surface area contributed by atoms with Gasteiger partial charge < -0.3 is 15.3 Å². The molecular formula is C9H17N3O3S. The van der Waals surface area contributed by atoms with E-state index in [2.05, 4.69) is 10.1 Å². The molecule has 16 heavy (non-hydrogen) atoms. The highest BCUT2D eigenvalue weighted by Crippen LogP contribution is 2.30. The van der Waals surface area contributed by atoms with Crippen LogP contribution in [0.4, 0.5) is 0 Å². The molecule has 7 heteroatoms. The number of aromatic nitrogens is 3. The van der Waals surface area contributed by atoms with E-state index in [-0.39, 0.29) is 23.8 Å². The summed E-state index contributed by atoms with van der Waals surface area (Å²) < 4.78 is 1.54. The largest absolute Gasteiger partial charge is 0.395 e. The van der Waals surface area contributed by atoms with Crippen LogP contribution in [-0.2, 0) is 0 Å². The van der Waals surface area contributed by atoms with Crippen LogP contribution in [0.15, 0.2) is 12.7 Å². The van der Waals surface area contributed by atoms with Crippen LogP contribution >= 0.6 is 11.8 Å². The second-order valence-corrected chi connectivity index (χ2v) is 4.79. The second-order valence-electron chi connectivity index (χ2n) is 3.36. The van der Waals surface area contributed by atoms with Crippen molar-refractivity contribution in [2.75, 3.05) is 13.2 Å². The van der Waals surface area contributed by atoms with Gasteiger partial charge in [-0.15, -0.1) is 11.8 Å². The first-order valence-electron chi connectivity index (χ1n) is 5.12. The van der Waals surface area contributed by atoms with Gasteiger partial charge in [-0.1, -0.05) is 6.92 Å². The SMILES string of the molecule is CCC(O)C(SC(CO)CO)n1cncn1. The van der Waals surface area contributed by atoms with Crippen molar-refractivity contribution in [3.8, 4) is 0 Å². The van der Waals surface area contributed by atoms with Gasteiger partial charge in [0.05, 0.1) is 24.6 Å². The Morgan fingerprint density at radius 1 is 1.38 bits per heavy atom. The van der Waals surface area contributed by atoms with Crippen molar-refractivity contribution < 1.29 is 15.3 Å². The van der Waals surface area contributed by atoms with E-state index in [0.717, 1.165) is 0 Å². The Balaban J connectivity index is 2.72. The van der Waals surface area contributed by atoms with Gasteiger partial charge in [0.2, 0.25) is 0 Å². The Kier molecular flexibility index (Phi) is 5.75. The van der Waals surface area contributed by atoms with Crippen molar-refractivity contribution in [3.63, 3.8) is 0 Å². The summed E-state index contributed by atoms with van der Waals surface area (Å²) in [7, 11) is 0. The number of aliphatic hydroxyl groups excluding tert-OH is 3. The molecule has 0 saturated heterocycles. The third-order valence-electron chi connectivity index (χ3n) is 2.18. The van der Waals surface area contributed by atoms with E-state index in [1.807, 2.05) is 6.92 Å². The fourth-order valence-corrected chi connectivity index (χ4v) is 2.39. The third kappa shape index (κ3) is 3.44. The van der Waals surface area contributed by atoms with Crippen molar-refractivity contribution in [1.82, 2.24) is 14.8 Å². The van der Waals surface area contributed by atoms with E-state index >= 15 is 0 Å².